The van der Waals surface area contributed by atoms with Gasteiger partial charge in [0.05, 0.1) is 35.1 Å². The summed E-state index contributed by atoms with van der Waals surface area (Å²) in [5.74, 6) is 0. The highest BCUT2D eigenvalue weighted by molar-refractivity contribution is 5.99. The maximum Gasteiger partial charge on any atom is 0.135 e. The summed E-state index contributed by atoms with van der Waals surface area (Å²) in [4.78, 5) is 13.0. The monoisotopic (exact) mass is 382 g/mol. The lowest BCUT2D eigenvalue weighted by atomic mass is 10.0. The molecule has 5 aromatic rings. The highest BCUT2D eigenvalue weighted by atomic mass is 16.3. The van der Waals surface area contributed by atoms with E-state index >= 15 is 0 Å². The molecule has 0 aromatic carbocycles. The first-order chi connectivity index (χ1) is 14.4. The van der Waals surface area contributed by atoms with E-state index in [0.29, 0.717) is 0 Å². The van der Waals surface area contributed by atoms with E-state index in [1.54, 1.807) is 18.7 Å². The number of fused-ring (bicyclic) bond motifs is 2. The van der Waals surface area contributed by atoms with E-state index in [9.17, 15) is 0 Å². The lowest BCUT2D eigenvalue weighted by Gasteiger charge is -2.13. The second-order valence-electron chi connectivity index (χ2n) is 7.16. The van der Waals surface area contributed by atoms with E-state index in [0.717, 1.165) is 69.8 Å². The fourth-order valence-electron chi connectivity index (χ4n) is 3.93. The zero-order valence-corrected chi connectivity index (χ0v) is 15.6. The van der Waals surface area contributed by atoms with E-state index in [1.165, 1.54) is 5.57 Å². The van der Waals surface area contributed by atoms with Gasteiger partial charge in [-0.15, -0.1) is 0 Å². The smallest absolute Gasteiger partial charge is 0.135 e. The largest absolute Gasteiger partial charge is 0.472 e. The van der Waals surface area contributed by atoms with E-state index in [4.69, 9.17) is 9.40 Å². The second-order valence-corrected chi connectivity index (χ2v) is 7.16. The summed E-state index contributed by atoms with van der Waals surface area (Å²) in [6.45, 7) is 1.87. The Labute approximate surface area is 165 Å². The van der Waals surface area contributed by atoms with Gasteiger partial charge in [0.2, 0.25) is 0 Å². The Bertz CT molecular complexity index is 1360. The number of H-pyrrole nitrogens is 2. The van der Waals surface area contributed by atoms with Crippen molar-refractivity contribution in [1.29, 1.82) is 0 Å². The van der Waals surface area contributed by atoms with Crippen LogP contribution in [0, 0.1) is 0 Å². The van der Waals surface area contributed by atoms with Gasteiger partial charge in [-0.3, -0.25) is 10.1 Å². The fraction of sp³-hybridized carbons (Fsp3) is 0.136. The summed E-state index contributed by atoms with van der Waals surface area (Å²) in [5.41, 5.74) is 8.63. The predicted molar refractivity (Wildman–Crippen MR) is 112 cm³/mol. The van der Waals surface area contributed by atoms with Gasteiger partial charge in [-0.1, -0.05) is 6.08 Å². The quantitative estimate of drug-likeness (QED) is 0.436. The van der Waals surface area contributed by atoms with Gasteiger partial charge < -0.3 is 14.7 Å². The fourth-order valence-corrected chi connectivity index (χ4v) is 3.93. The number of furan rings is 1. The van der Waals surface area contributed by atoms with Gasteiger partial charge in [0.1, 0.15) is 11.2 Å². The zero-order valence-electron chi connectivity index (χ0n) is 15.6. The van der Waals surface area contributed by atoms with Gasteiger partial charge in [-0.2, -0.15) is 5.10 Å². The third kappa shape index (κ3) is 2.67. The maximum atomic E-state index is 5.24. The van der Waals surface area contributed by atoms with Crippen LogP contribution in [0.1, 0.15) is 12.1 Å². The Kier molecular flexibility index (Phi) is 3.60. The molecule has 7 heteroatoms. The van der Waals surface area contributed by atoms with Crippen molar-refractivity contribution in [3.05, 3.63) is 60.8 Å². The van der Waals surface area contributed by atoms with Crippen LogP contribution in [-0.4, -0.2) is 38.2 Å². The Balaban J connectivity index is 1.50. The zero-order chi connectivity index (χ0) is 19.2. The standard InChI is InChI=1S/C22H18N6O/c1-2-18-21(26-16(1)13-3-7-23-8-4-13)22(28-27-18)19-11-15-17(25-19)5-9-24-20(15)14-6-10-29-12-14/h1-3,5-6,9-12,23,25H,4,7-8H2,(H,27,28). The third-order valence-corrected chi connectivity index (χ3v) is 5.40. The number of hydrogen-bond acceptors (Lipinski definition) is 5. The summed E-state index contributed by atoms with van der Waals surface area (Å²) < 4.78 is 5.24. The number of aromatic amines is 2. The van der Waals surface area contributed by atoms with Crippen LogP contribution in [-0.2, 0) is 0 Å². The van der Waals surface area contributed by atoms with Crippen molar-refractivity contribution in [2.75, 3.05) is 13.1 Å². The molecular formula is C22H18N6O. The first-order valence-electron chi connectivity index (χ1n) is 9.63. The second kappa shape index (κ2) is 6.42. The first kappa shape index (κ1) is 16.3. The minimum Gasteiger partial charge on any atom is -0.472 e. The van der Waals surface area contributed by atoms with Crippen LogP contribution in [0.2, 0.25) is 0 Å². The lowest BCUT2D eigenvalue weighted by molar-refractivity contribution is 0.568. The van der Waals surface area contributed by atoms with E-state index < -0.39 is 0 Å². The highest BCUT2D eigenvalue weighted by Gasteiger charge is 2.17. The van der Waals surface area contributed by atoms with Crippen LogP contribution in [0.4, 0.5) is 0 Å². The van der Waals surface area contributed by atoms with Crippen LogP contribution in [0.25, 0.3) is 50.2 Å². The minimum atomic E-state index is 0.811. The van der Waals surface area contributed by atoms with Gasteiger partial charge >= 0.3 is 0 Å². The van der Waals surface area contributed by atoms with Crippen LogP contribution < -0.4 is 5.32 Å². The predicted octanol–water partition coefficient (Wildman–Crippen LogP) is 4.14. The number of pyridine rings is 2. The number of rotatable bonds is 3. The Morgan fingerprint density at radius 3 is 2.90 bits per heavy atom. The van der Waals surface area contributed by atoms with Crippen molar-refractivity contribution in [1.82, 2.24) is 30.5 Å². The van der Waals surface area contributed by atoms with Crippen molar-refractivity contribution < 1.29 is 4.42 Å². The van der Waals surface area contributed by atoms with Crippen molar-refractivity contribution >= 4 is 27.5 Å². The molecule has 5 aromatic heterocycles. The van der Waals surface area contributed by atoms with E-state index in [2.05, 4.69) is 49.8 Å². The van der Waals surface area contributed by atoms with Crippen molar-refractivity contribution in [2.45, 2.75) is 6.42 Å². The third-order valence-electron chi connectivity index (χ3n) is 5.40. The van der Waals surface area contributed by atoms with Crippen molar-refractivity contribution in [2.24, 2.45) is 0 Å². The molecule has 6 rings (SSSR count). The summed E-state index contributed by atoms with van der Waals surface area (Å²) >= 11 is 0. The summed E-state index contributed by atoms with van der Waals surface area (Å²) in [6, 6.07) is 10.1. The molecule has 3 N–H and O–H groups in total. The van der Waals surface area contributed by atoms with Crippen LogP contribution in [0.3, 0.4) is 0 Å². The maximum absolute atomic E-state index is 5.24. The van der Waals surface area contributed by atoms with Gasteiger partial charge in [0.25, 0.3) is 0 Å². The molecule has 1 aliphatic rings. The molecule has 6 heterocycles. The average Bonchev–Trinajstić information content (AvgIpc) is 3.52. The molecule has 0 saturated heterocycles. The molecule has 0 bridgehead atoms. The SMILES string of the molecule is C1=C(c2ccc3[nH]nc(-c4cc5c(-c6ccoc6)nccc5[nH]4)c3n2)CCNC1. The van der Waals surface area contributed by atoms with Crippen molar-refractivity contribution in [3.63, 3.8) is 0 Å². The molecule has 1 aliphatic heterocycles. The molecule has 142 valence electrons. The topological polar surface area (TPSA) is 95.4 Å². The van der Waals surface area contributed by atoms with Gasteiger partial charge in [-0.05, 0) is 48.9 Å². The summed E-state index contributed by atoms with van der Waals surface area (Å²) in [5, 5.41) is 12.0. The molecule has 7 nitrogen and oxygen atoms in total. The molecule has 0 spiro atoms. The molecule has 0 fully saturated rings. The molecule has 0 atom stereocenters. The average molecular weight is 382 g/mol. The Morgan fingerprint density at radius 1 is 1.03 bits per heavy atom. The highest BCUT2D eigenvalue weighted by Crippen LogP contribution is 2.33. The molecule has 0 saturated carbocycles. The number of hydrogen-bond donors (Lipinski definition) is 3. The molecule has 0 amide bonds. The first-order valence-corrected chi connectivity index (χ1v) is 9.63. The molecule has 29 heavy (non-hydrogen) atoms. The van der Waals surface area contributed by atoms with E-state index in [1.807, 2.05) is 12.1 Å². The normalized spacial score (nSPS) is 14.6. The molecule has 0 radical (unpaired) electrons. The summed E-state index contributed by atoms with van der Waals surface area (Å²) in [7, 11) is 0. The lowest BCUT2D eigenvalue weighted by Crippen LogP contribution is -2.20. The minimum absolute atomic E-state index is 0.811. The van der Waals surface area contributed by atoms with Gasteiger partial charge in [-0.25, -0.2) is 4.98 Å². The van der Waals surface area contributed by atoms with Crippen LogP contribution in [0.5, 0.6) is 0 Å². The molecule has 0 aliphatic carbocycles. The molecular weight excluding hydrogens is 364 g/mol. The van der Waals surface area contributed by atoms with Crippen LogP contribution in [0.15, 0.2) is 59.5 Å². The van der Waals surface area contributed by atoms with E-state index in [-0.39, 0.29) is 0 Å². The van der Waals surface area contributed by atoms with Gasteiger partial charge in [0, 0.05) is 29.2 Å². The van der Waals surface area contributed by atoms with Crippen molar-refractivity contribution in [3.8, 4) is 22.6 Å². The number of nitrogens with one attached hydrogen (secondary N) is 3. The Hall–Kier alpha value is -3.71. The summed E-state index contributed by atoms with van der Waals surface area (Å²) in [6.07, 6.45) is 8.36. The number of nitrogens with zero attached hydrogens (tertiary/aromatic N) is 3. The van der Waals surface area contributed by atoms with Crippen LogP contribution >= 0.6 is 0 Å². The molecule has 0 unspecified atom stereocenters. The van der Waals surface area contributed by atoms with Gasteiger partial charge in [0.15, 0.2) is 0 Å². The Morgan fingerprint density at radius 2 is 2.03 bits per heavy atom. The number of aromatic nitrogens is 5.